The van der Waals surface area contributed by atoms with Crippen molar-refractivity contribution in [2.75, 3.05) is 81.0 Å². The lowest BCUT2D eigenvalue weighted by molar-refractivity contribution is -0.148. The van der Waals surface area contributed by atoms with Crippen molar-refractivity contribution >= 4 is 41.4 Å². The number of likely N-dealkylation sites (N-methyl/N-ethyl adjacent to an activating group) is 2. The summed E-state index contributed by atoms with van der Waals surface area (Å²) < 4.78 is 34.4. The minimum absolute atomic E-state index is 0.0436. The maximum atomic E-state index is 14.7. The molecular formula is C55H89N7O12. The zero-order valence-corrected chi connectivity index (χ0v) is 46.1. The first-order chi connectivity index (χ1) is 35.3. The van der Waals surface area contributed by atoms with Crippen molar-refractivity contribution in [2.24, 2.45) is 23.7 Å². The number of carbonyl (C=O) groups is 5. The lowest BCUT2D eigenvalue weighted by atomic mass is 9.89. The van der Waals surface area contributed by atoms with Gasteiger partial charge in [0.2, 0.25) is 35.4 Å². The molecule has 0 spiro atoms. The van der Waals surface area contributed by atoms with Crippen molar-refractivity contribution in [1.29, 1.82) is 10.8 Å². The molecule has 3 rings (SSSR count). The second-order valence-corrected chi connectivity index (χ2v) is 20.2. The van der Waals surface area contributed by atoms with Gasteiger partial charge in [-0.15, -0.1) is 0 Å². The Morgan fingerprint density at radius 3 is 2.05 bits per heavy atom. The fourth-order valence-corrected chi connectivity index (χ4v) is 9.72. The molecule has 5 N–H and O–H groups in total. The lowest BCUT2D eigenvalue weighted by Gasteiger charge is -2.41. The number of nitrogens with zero attached hydrogens (tertiary/aromatic N) is 3. The highest BCUT2D eigenvalue weighted by atomic mass is 16.5. The van der Waals surface area contributed by atoms with Crippen LogP contribution in [0.25, 0.3) is 0 Å². The molecule has 0 saturated carbocycles. The minimum Gasteiger partial charge on any atom is -0.481 e. The number of hydrogen-bond donors (Lipinski definition) is 5. The van der Waals surface area contributed by atoms with Gasteiger partial charge in [0, 0.05) is 46.4 Å². The Balaban J connectivity index is 1.70. The van der Waals surface area contributed by atoms with Crippen LogP contribution < -0.4 is 10.6 Å². The van der Waals surface area contributed by atoms with E-state index in [0.717, 1.165) is 18.4 Å². The molecule has 0 radical (unpaired) electrons. The second kappa shape index (κ2) is 33.1. The average molecular weight is 1040 g/mol. The summed E-state index contributed by atoms with van der Waals surface area (Å²) in [5.74, 6) is -3.73. The Kier molecular flexibility index (Phi) is 28.3. The summed E-state index contributed by atoms with van der Waals surface area (Å²) in [5, 5.41) is 32.2. The molecule has 1 aliphatic carbocycles. The number of nitrogens with one attached hydrogen (secondary N) is 4. The van der Waals surface area contributed by atoms with E-state index in [2.05, 4.69) is 10.6 Å². The van der Waals surface area contributed by atoms with Crippen LogP contribution in [0.2, 0.25) is 0 Å². The highest BCUT2D eigenvalue weighted by Gasteiger charge is 2.43. The number of carbonyl (C=O) groups excluding carboxylic acids is 4. The van der Waals surface area contributed by atoms with Gasteiger partial charge >= 0.3 is 5.97 Å². The van der Waals surface area contributed by atoms with Gasteiger partial charge in [0.15, 0.2) is 0 Å². The number of benzene rings is 1. The van der Waals surface area contributed by atoms with E-state index in [1.807, 2.05) is 96.0 Å². The first-order valence-electron chi connectivity index (χ1n) is 26.4. The first-order valence-corrected chi connectivity index (χ1v) is 26.4. The fourth-order valence-electron chi connectivity index (χ4n) is 9.72. The second-order valence-electron chi connectivity index (χ2n) is 20.2. The SMILES string of the molecule is CCC(C)C(C(CC(=O)N1CCCC1C(OC)C(C)C(=O)NC(Cc1ccccc1)C(=N)OC(=N)C1=CCCC=C1)OC)N(C)C(=O)C(NC(=O)C(C(C)C)N(C)CCOCCOCCOCCC(=O)O)C(C)C. The first kappa shape index (κ1) is 63.2. The number of allylic oxidation sites excluding steroid dienone is 2. The Bertz CT molecular complexity index is 2000. The molecule has 416 valence electrons. The van der Waals surface area contributed by atoms with Crippen LogP contribution in [-0.2, 0) is 58.8 Å². The summed E-state index contributed by atoms with van der Waals surface area (Å²) in [5.41, 5.74) is 1.45. The van der Waals surface area contributed by atoms with Crippen LogP contribution in [0.3, 0.4) is 0 Å². The van der Waals surface area contributed by atoms with Gasteiger partial charge in [0.05, 0.1) is 88.7 Å². The third-order valence-corrected chi connectivity index (χ3v) is 14.0. The molecule has 1 aromatic carbocycles. The molecule has 9 atom stereocenters. The lowest BCUT2D eigenvalue weighted by Crippen LogP contribution is -2.60. The molecule has 1 heterocycles. The Labute approximate surface area is 440 Å². The van der Waals surface area contributed by atoms with Gasteiger partial charge in [-0.25, -0.2) is 0 Å². The monoisotopic (exact) mass is 1040 g/mol. The van der Waals surface area contributed by atoms with Crippen molar-refractivity contribution in [3.8, 4) is 0 Å². The van der Waals surface area contributed by atoms with Gasteiger partial charge in [-0.05, 0) is 56.0 Å². The molecule has 0 aromatic heterocycles. The highest BCUT2D eigenvalue weighted by molar-refractivity contribution is 6.02. The van der Waals surface area contributed by atoms with E-state index in [0.29, 0.717) is 64.4 Å². The molecule has 1 saturated heterocycles. The van der Waals surface area contributed by atoms with Crippen molar-refractivity contribution in [3.63, 3.8) is 0 Å². The van der Waals surface area contributed by atoms with Crippen LogP contribution in [0.5, 0.6) is 0 Å². The number of carboxylic acid groups (broad SMARTS) is 1. The number of ether oxygens (including phenoxy) is 6. The summed E-state index contributed by atoms with van der Waals surface area (Å²) in [6.07, 6.45) is 7.99. The van der Waals surface area contributed by atoms with Crippen LogP contribution in [0.15, 0.2) is 54.1 Å². The molecule has 4 amide bonds. The van der Waals surface area contributed by atoms with E-state index in [9.17, 15) is 24.0 Å². The molecular weight excluding hydrogens is 951 g/mol. The summed E-state index contributed by atoms with van der Waals surface area (Å²) >= 11 is 0. The number of aliphatic carboxylic acids is 1. The number of methoxy groups -OCH3 is 2. The van der Waals surface area contributed by atoms with Crippen LogP contribution in [0.1, 0.15) is 99.0 Å². The molecule has 2 aliphatic rings. The summed E-state index contributed by atoms with van der Waals surface area (Å²) in [6.45, 7) is 16.1. The average Bonchev–Trinajstić information content (AvgIpc) is 3.86. The van der Waals surface area contributed by atoms with Crippen molar-refractivity contribution in [1.82, 2.24) is 25.3 Å². The third-order valence-electron chi connectivity index (χ3n) is 14.0. The topological polar surface area (TPSA) is 242 Å². The number of hydrogen-bond acceptors (Lipinski definition) is 14. The standard InChI is InChI=1S/C55H89N7O12/c1-12-38(6)49(61(9)55(68)47(36(2)3)59-54(67)48(37(4)5)60(8)27-29-72-31-33-73-32-30-71-28-25-46(64)65)44(69-10)35-45(63)62-26-19-24-43(62)50(70-11)39(7)53(66)58-42(34-40-20-15-13-16-21-40)52(57)74-51(56)41-22-17-14-18-23-41/h13,15-17,20-23,36-39,42-44,47-50,56-57H,12,14,18-19,24-35H2,1-11H3,(H,58,66)(H,59,67)(H,64,65). The van der Waals surface area contributed by atoms with Crippen molar-refractivity contribution in [2.45, 2.75) is 142 Å². The quantitative estimate of drug-likeness (QED) is 0.0326. The normalized spacial score (nSPS) is 17.9. The molecule has 1 aromatic rings. The minimum atomic E-state index is -0.915. The Hall–Kier alpha value is -5.05. The van der Waals surface area contributed by atoms with E-state index >= 15 is 0 Å². The van der Waals surface area contributed by atoms with E-state index < -0.39 is 54.3 Å². The molecule has 1 aliphatic heterocycles. The zero-order valence-electron chi connectivity index (χ0n) is 46.1. The Morgan fingerprint density at radius 1 is 0.838 bits per heavy atom. The predicted molar refractivity (Wildman–Crippen MR) is 284 cm³/mol. The van der Waals surface area contributed by atoms with Crippen LogP contribution in [0, 0.1) is 34.5 Å². The molecule has 19 heteroatoms. The highest BCUT2D eigenvalue weighted by Crippen LogP contribution is 2.30. The largest absolute Gasteiger partial charge is 0.481 e. The van der Waals surface area contributed by atoms with Gasteiger partial charge in [-0.1, -0.05) is 103 Å². The van der Waals surface area contributed by atoms with E-state index in [1.165, 1.54) is 7.11 Å². The fraction of sp³-hybridized carbons (Fsp3) is 0.691. The van der Waals surface area contributed by atoms with Crippen molar-refractivity contribution < 1.29 is 57.5 Å². The van der Waals surface area contributed by atoms with E-state index in [1.54, 1.807) is 37.0 Å². The number of amides is 4. The van der Waals surface area contributed by atoms with Gasteiger partial charge in [-0.2, -0.15) is 0 Å². The number of rotatable bonds is 34. The summed E-state index contributed by atoms with van der Waals surface area (Å²) in [7, 11) is 6.63. The zero-order chi connectivity index (χ0) is 54.9. The maximum Gasteiger partial charge on any atom is 0.305 e. The molecule has 19 nitrogen and oxygen atoms in total. The smallest absolute Gasteiger partial charge is 0.305 e. The van der Waals surface area contributed by atoms with Crippen LogP contribution in [-0.4, -0.2) is 185 Å². The predicted octanol–water partition coefficient (Wildman–Crippen LogP) is 5.50. The summed E-state index contributed by atoms with van der Waals surface area (Å²) in [4.78, 5) is 73.4. The van der Waals surface area contributed by atoms with Crippen molar-refractivity contribution in [3.05, 3.63) is 59.7 Å². The van der Waals surface area contributed by atoms with Crippen LogP contribution >= 0.6 is 0 Å². The molecule has 1 fully saturated rings. The third kappa shape index (κ3) is 19.9. The Morgan fingerprint density at radius 2 is 1.49 bits per heavy atom. The van der Waals surface area contributed by atoms with Crippen LogP contribution in [0.4, 0.5) is 0 Å². The molecule has 9 unspecified atom stereocenters. The van der Waals surface area contributed by atoms with E-state index in [4.69, 9.17) is 44.3 Å². The van der Waals surface area contributed by atoms with Gasteiger partial charge < -0.3 is 54.0 Å². The van der Waals surface area contributed by atoms with Gasteiger partial charge in [0.1, 0.15) is 12.1 Å². The van der Waals surface area contributed by atoms with Gasteiger partial charge in [0.25, 0.3) is 0 Å². The molecule has 74 heavy (non-hydrogen) atoms. The van der Waals surface area contributed by atoms with E-state index in [-0.39, 0.29) is 85.7 Å². The molecule has 0 bridgehead atoms. The van der Waals surface area contributed by atoms with Gasteiger partial charge in [-0.3, -0.25) is 39.7 Å². The maximum absolute atomic E-state index is 14.7. The number of carboxylic acids is 1. The number of likely N-dealkylation sites (tertiary alicyclic amines) is 1. The summed E-state index contributed by atoms with van der Waals surface area (Å²) in [6, 6.07) is 6.15.